The van der Waals surface area contributed by atoms with Crippen LogP contribution < -0.4 is 10.9 Å². The van der Waals surface area contributed by atoms with Gasteiger partial charge in [-0.25, -0.2) is 5.10 Å². The summed E-state index contributed by atoms with van der Waals surface area (Å²) in [5.74, 6) is 0. The summed E-state index contributed by atoms with van der Waals surface area (Å²) in [6, 6.07) is 15.8. The summed E-state index contributed by atoms with van der Waals surface area (Å²) in [4.78, 5) is 14.5. The van der Waals surface area contributed by atoms with E-state index in [2.05, 4.69) is 44.7 Å². The van der Waals surface area contributed by atoms with Crippen LogP contribution in [0.15, 0.2) is 65.5 Å². The second kappa shape index (κ2) is 9.52. The van der Waals surface area contributed by atoms with Crippen LogP contribution in [0.1, 0.15) is 25.7 Å². The number of unbranched alkanes of at least 4 members (excludes halogenated alkanes) is 2. The summed E-state index contributed by atoms with van der Waals surface area (Å²) in [6.07, 6.45) is 9.39. The van der Waals surface area contributed by atoms with Gasteiger partial charge in [0.05, 0.1) is 11.1 Å². The van der Waals surface area contributed by atoms with E-state index in [0.717, 1.165) is 41.8 Å². The van der Waals surface area contributed by atoms with Crippen molar-refractivity contribution in [3.63, 3.8) is 0 Å². The Labute approximate surface area is 171 Å². The van der Waals surface area contributed by atoms with E-state index in [1.54, 1.807) is 0 Å². The summed E-state index contributed by atoms with van der Waals surface area (Å²) >= 11 is 0. The summed E-state index contributed by atoms with van der Waals surface area (Å²) < 4.78 is 0. The van der Waals surface area contributed by atoms with Gasteiger partial charge in [0.1, 0.15) is 0 Å². The average Bonchev–Trinajstić information content (AvgIpc) is 2.77. The van der Waals surface area contributed by atoms with Crippen molar-refractivity contribution >= 4 is 16.5 Å². The number of benzene rings is 2. The highest BCUT2D eigenvalue weighted by molar-refractivity contribution is 5.94. The monoisotopic (exact) mass is 388 g/mol. The van der Waals surface area contributed by atoms with Crippen molar-refractivity contribution in [2.24, 2.45) is 0 Å². The van der Waals surface area contributed by atoms with Crippen LogP contribution in [0.5, 0.6) is 0 Å². The van der Waals surface area contributed by atoms with Crippen LogP contribution in [0.3, 0.4) is 0 Å². The molecule has 5 heteroatoms. The second-order valence-electron chi connectivity index (χ2n) is 7.58. The number of aromatic nitrogens is 2. The van der Waals surface area contributed by atoms with Gasteiger partial charge in [-0.1, -0.05) is 48.9 Å². The molecule has 150 valence electrons. The van der Waals surface area contributed by atoms with E-state index in [4.69, 9.17) is 0 Å². The molecule has 29 heavy (non-hydrogen) atoms. The first-order valence-corrected chi connectivity index (χ1v) is 10.5. The van der Waals surface area contributed by atoms with Crippen molar-refractivity contribution in [3.05, 3.63) is 71.0 Å². The smallest absolute Gasteiger partial charge is 0.272 e. The van der Waals surface area contributed by atoms with Crippen molar-refractivity contribution in [1.29, 1.82) is 0 Å². The Morgan fingerprint density at radius 1 is 1.00 bits per heavy atom. The van der Waals surface area contributed by atoms with Gasteiger partial charge in [-0.05, 0) is 44.0 Å². The molecule has 0 unspecified atom stereocenters. The Bertz CT molecular complexity index is 1040. The second-order valence-corrected chi connectivity index (χ2v) is 7.58. The molecule has 0 amide bonds. The fourth-order valence-electron chi connectivity index (χ4n) is 3.87. The molecule has 0 saturated heterocycles. The van der Waals surface area contributed by atoms with Gasteiger partial charge >= 0.3 is 0 Å². The molecule has 4 rings (SSSR count). The van der Waals surface area contributed by atoms with Crippen molar-refractivity contribution in [2.75, 3.05) is 31.5 Å². The highest BCUT2D eigenvalue weighted by atomic mass is 16.1. The van der Waals surface area contributed by atoms with Crippen LogP contribution in [0, 0.1) is 0 Å². The minimum Gasteiger partial charge on any atom is -0.385 e. The van der Waals surface area contributed by atoms with Gasteiger partial charge in [0.25, 0.3) is 5.56 Å². The highest BCUT2D eigenvalue weighted by Crippen LogP contribution is 2.26. The van der Waals surface area contributed by atoms with E-state index in [0.29, 0.717) is 5.39 Å². The van der Waals surface area contributed by atoms with Gasteiger partial charge in [0.15, 0.2) is 0 Å². The molecule has 5 nitrogen and oxygen atoms in total. The minimum absolute atomic E-state index is 0.154. The predicted octanol–water partition coefficient (Wildman–Crippen LogP) is 4.43. The molecule has 0 bridgehead atoms. The molecule has 0 saturated carbocycles. The van der Waals surface area contributed by atoms with Crippen molar-refractivity contribution in [2.45, 2.75) is 25.7 Å². The quantitative estimate of drug-likeness (QED) is 0.443. The van der Waals surface area contributed by atoms with Gasteiger partial charge in [0.2, 0.25) is 0 Å². The first kappa shape index (κ1) is 19.4. The van der Waals surface area contributed by atoms with E-state index >= 15 is 0 Å². The van der Waals surface area contributed by atoms with Crippen LogP contribution >= 0.6 is 0 Å². The largest absolute Gasteiger partial charge is 0.385 e. The molecule has 1 aliphatic heterocycles. The Morgan fingerprint density at radius 3 is 2.76 bits per heavy atom. The van der Waals surface area contributed by atoms with Crippen LogP contribution in [0.4, 0.5) is 5.69 Å². The first-order chi connectivity index (χ1) is 14.3. The fourth-order valence-corrected chi connectivity index (χ4v) is 3.87. The van der Waals surface area contributed by atoms with Crippen LogP contribution in [0.25, 0.3) is 22.0 Å². The number of nitrogens with one attached hydrogen (secondary N) is 2. The Morgan fingerprint density at radius 2 is 1.90 bits per heavy atom. The molecule has 1 aromatic heterocycles. The molecule has 2 N–H and O–H groups in total. The van der Waals surface area contributed by atoms with Gasteiger partial charge < -0.3 is 5.32 Å². The normalized spacial score (nSPS) is 14.3. The number of hydrogen-bond acceptors (Lipinski definition) is 4. The van der Waals surface area contributed by atoms with E-state index in [9.17, 15) is 4.79 Å². The molecule has 2 aromatic carbocycles. The van der Waals surface area contributed by atoms with Gasteiger partial charge in [-0.3, -0.25) is 9.69 Å². The van der Waals surface area contributed by atoms with Crippen molar-refractivity contribution < 1.29 is 0 Å². The van der Waals surface area contributed by atoms with Crippen LogP contribution in [-0.4, -0.2) is 41.3 Å². The maximum absolute atomic E-state index is 12.0. The fraction of sp³-hybridized carbons (Fsp3) is 0.333. The summed E-state index contributed by atoms with van der Waals surface area (Å²) in [5.41, 5.74) is 2.74. The summed E-state index contributed by atoms with van der Waals surface area (Å²) in [6.45, 7) is 4.47. The topological polar surface area (TPSA) is 61.0 Å². The highest BCUT2D eigenvalue weighted by Gasteiger charge is 2.09. The number of fused-ring (bicyclic) bond motifs is 1. The third-order valence-corrected chi connectivity index (χ3v) is 5.45. The first-order valence-electron chi connectivity index (χ1n) is 10.5. The Hall–Kier alpha value is -2.92. The lowest BCUT2D eigenvalue weighted by atomic mass is 10.0. The van der Waals surface area contributed by atoms with E-state index in [-0.39, 0.29) is 5.56 Å². The standard InChI is InChI=1S/C24H28N4O/c29-24-22-13-4-3-12-21(22)23(26-27-24)19-10-9-11-20(18-19)25-14-5-1-6-15-28-16-7-2-8-17-28/h2-4,7,9-13,18,25H,1,5-6,8,14-17H2,(H,27,29). The molecule has 0 spiro atoms. The number of H-pyrrole nitrogens is 1. The molecule has 3 aromatic rings. The lowest BCUT2D eigenvalue weighted by Gasteiger charge is -2.22. The van der Waals surface area contributed by atoms with Gasteiger partial charge in [-0.15, -0.1) is 0 Å². The molecular weight excluding hydrogens is 360 g/mol. The third kappa shape index (κ3) is 4.93. The Kier molecular flexibility index (Phi) is 6.37. The molecule has 0 fully saturated rings. The molecule has 0 aliphatic carbocycles. The number of anilines is 1. The maximum atomic E-state index is 12.0. The zero-order valence-electron chi connectivity index (χ0n) is 16.7. The van der Waals surface area contributed by atoms with Crippen molar-refractivity contribution in [1.82, 2.24) is 15.1 Å². The number of hydrogen-bond donors (Lipinski definition) is 2. The number of aromatic amines is 1. The van der Waals surface area contributed by atoms with Crippen LogP contribution in [0.2, 0.25) is 0 Å². The molecule has 2 heterocycles. The third-order valence-electron chi connectivity index (χ3n) is 5.45. The van der Waals surface area contributed by atoms with Gasteiger partial charge in [-0.2, -0.15) is 5.10 Å². The number of nitrogens with zero attached hydrogens (tertiary/aromatic N) is 2. The molecular formula is C24H28N4O. The number of rotatable bonds is 8. The molecule has 1 aliphatic rings. The minimum atomic E-state index is -0.154. The summed E-state index contributed by atoms with van der Waals surface area (Å²) in [5, 5.41) is 12.0. The van der Waals surface area contributed by atoms with Gasteiger partial charge in [0, 0.05) is 36.3 Å². The SMILES string of the molecule is O=c1[nH]nc(-c2cccc(NCCCCCN3CC=CCC3)c2)c2ccccc12. The summed E-state index contributed by atoms with van der Waals surface area (Å²) in [7, 11) is 0. The lowest BCUT2D eigenvalue weighted by Crippen LogP contribution is -2.28. The van der Waals surface area contributed by atoms with Crippen molar-refractivity contribution in [3.8, 4) is 11.3 Å². The van der Waals surface area contributed by atoms with E-state index in [1.807, 2.05) is 36.4 Å². The lowest BCUT2D eigenvalue weighted by molar-refractivity contribution is 0.291. The van der Waals surface area contributed by atoms with Crippen LogP contribution in [-0.2, 0) is 0 Å². The Balaban J connectivity index is 1.33. The average molecular weight is 389 g/mol. The molecule has 0 radical (unpaired) electrons. The van der Waals surface area contributed by atoms with E-state index in [1.165, 1.54) is 32.4 Å². The molecule has 0 atom stereocenters. The zero-order valence-corrected chi connectivity index (χ0v) is 16.7. The maximum Gasteiger partial charge on any atom is 0.272 e. The predicted molar refractivity (Wildman–Crippen MR) is 120 cm³/mol. The van der Waals surface area contributed by atoms with E-state index < -0.39 is 0 Å². The zero-order chi connectivity index (χ0) is 19.9.